The van der Waals surface area contributed by atoms with Crippen LogP contribution in [0.25, 0.3) is 0 Å². The third-order valence-electron chi connectivity index (χ3n) is 4.21. The van der Waals surface area contributed by atoms with Crippen LogP contribution in [0.5, 0.6) is 0 Å². The van der Waals surface area contributed by atoms with E-state index in [2.05, 4.69) is 0 Å². The van der Waals surface area contributed by atoms with Crippen LogP contribution in [0.1, 0.15) is 27.7 Å². The Hall–Kier alpha value is 0.300. The fourth-order valence-corrected chi connectivity index (χ4v) is 11.8. The van der Waals surface area contributed by atoms with Crippen LogP contribution in [0.15, 0.2) is 35.2 Å². The van der Waals surface area contributed by atoms with Crippen molar-refractivity contribution in [3.8, 4) is 0 Å². The summed E-state index contributed by atoms with van der Waals surface area (Å²) in [7, 11) is -2.36. The first-order valence-corrected chi connectivity index (χ1v) is 13.9. The van der Waals surface area contributed by atoms with Gasteiger partial charge in [0.25, 0.3) is 0 Å². The standard InChI is InChI=1S/C19H31O6PS3/c1-12(2)24-26(22,25-13(3)4)19(27-6)17(23-5)15(20)16(21)18(29-19)28-14-10-8-7-9-11-14/h7-13,15-18,20-21H,1-6H3/t15-,16+,17+,18+,19+/m0/s1. The second-order valence-corrected chi connectivity index (χ2v) is 14.1. The number of benzene rings is 1. The van der Waals surface area contributed by atoms with E-state index in [4.69, 9.17) is 13.8 Å². The third kappa shape index (κ3) is 5.57. The number of aliphatic hydroxyl groups excluding tert-OH is 2. The highest BCUT2D eigenvalue weighted by Gasteiger charge is 2.65. The second-order valence-electron chi connectivity index (χ2n) is 7.20. The van der Waals surface area contributed by atoms with Gasteiger partial charge < -0.3 is 24.0 Å². The molecule has 0 radical (unpaired) electrons. The fraction of sp³-hybridized carbons (Fsp3) is 0.684. The number of aliphatic hydroxyl groups is 2. The van der Waals surface area contributed by atoms with Crippen molar-refractivity contribution in [2.75, 3.05) is 13.4 Å². The van der Waals surface area contributed by atoms with Gasteiger partial charge in [0.1, 0.15) is 18.3 Å². The Kier molecular flexibility index (Phi) is 9.47. The highest BCUT2D eigenvalue weighted by molar-refractivity contribution is 8.30. The summed E-state index contributed by atoms with van der Waals surface area (Å²) in [6.07, 6.45) is -2.20. The van der Waals surface area contributed by atoms with Gasteiger partial charge in [-0.05, 0) is 46.1 Å². The van der Waals surface area contributed by atoms with Crippen LogP contribution in [0.2, 0.25) is 0 Å². The van der Waals surface area contributed by atoms with Crippen LogP contribution < -0.4 is 0 Å². The molecule has 0 bridgehead atoms. The summed E-state index contributed by atoms with van der Waals surface area (Å²) in [4.78, 5) is 0.937. The minimum atomic E-state index is -3.80. The number of hydrogen-bond acceptors (Lipinski definition) is 9. The third-order valence-corrected chi connectivity index (χ3v) is 13.1. The number of methoxy groups -OCH3 is 1. The van der Waals surface area contributed by atoms with Crippen LogP contribution in [-0.2, 0) is 18.3 Å². The van der Waals surface area contributed by atoms with E-state index < -0.39 is 34.3 Å². The van der Waals surface area contributed by atoms with Crippen molar-refractivity contribution < 1.29 is 28.6 Å². The van der Waals surface area contributed by atoms with Gasteiger partial charge in [0.15, 0.2) is 3.82 Å². The summed E-state index contributed by atoms with van der Waals surface area (Å²) in [5.41, 5.74) is 0. The highest BCUT2D eigenvalue weighted by Crippen LogP contribution is 2.75. The molecule has 1 fully saturated rings. The molecule has 0 saturated carbocycles. The SMILES string of the molecule is CO[C@@H]1[C@@H](O)[C@@H](O)[C@H](Sc2ccccc2)S[C@@]1(SC)P(=O)(OC(C)C)OC(C)C. The van der Waals surface area contributed by atoms with Crippen molar-refractivity contribution in [2.24, 2.45) is 0 Å². The van der Waals surface area contributed by atoms with E-state index in [0.29, 0.717) is 0 Å². The van der Waals surface area contributed by atoms with Gasteiger partial charge in [0, 0.05) is 12.0 Å². The minimum Gasteiger partial charge on any atom is -0.388 e. The van der Waals surface area contributed by atoms with Crippen LogP contribution in [0.3, 0.4) is 0 Å². The average Bonchev–Trinajstić information content (AvgIpc) is 2.64. The van der Waals surface area contributed by atoms with Crippen LogP contribution in [-0.4, -0.2) is 62.5 Å². The van der Waals surface area contributed by atoms with E-state index in [0.717, 1.165) is 4.90 Å². The lowest BCUT2D eigenvalue weighted by molar-refractivity contribution is -0.0746. The number of hydrogen-bond donors (Lipinski definition) is 2. The van der Waals surface area contributed by atoms with Crippen molar-refractivity contribution in [1.82, 2.24) is 0 Å². The van der Waals surface area contributed by atoms with E-state index in [1.54, 1.807) is 34.0 Å². The first kappa shape index (κ1) is 25.6. The van der Waals surface area contributed by atoms with Gasteiger partial charge in [0.2, 0.25) is 0 Å². The summed E-state index contributed by atoms with van der Waals surface area (Å²) >= 11 is 3.98. The molecule has 2 rings (SSSR count). The van der Waals surface area contributed by atoms with Gasteiger partial charge in [0.05, 0.1) is 16.8 Å². The molecule has 0 unspecified atom stereocenters. The highest BCUT2D eigenvalue weighted by atomic mass is 32.2. The summed E-state index contributed by atoms with van der Waals surface area (Å²) in [6.45, 7) is 7.17. The zero-order valence-electron chi connectivity index (χ0n) is 17.6. The number of thioether (sulfide) groups is 3. The first-order chi connectivity index (χ1) is 13.6. The van der Waals surface area contributed by atoms with Crippen molar-refractivity contribution in [1.29, 1.82) is 0 Å². The van der Waals surface area contributed by atoms with Gasteiger partial charge in [-0.3, -0.25) is 4.57 Å². The molecule has 0 aromatic heterocycles. The van der Waals surface area contributed by atoms with E-state index >= 15 is 0 Å². The van der Waals surface area contributed by atoms with E-state index in [1.165, 1.54) is 42.4 Å². The molecule has 1 aliphatic heterocycles. The molecule has 29 heavy (non-hydrogen) atoms. The zero-order chi connectivity index (χ0) is 21.8. The van der Waals surface area contributed by atoms with E-state index in [1.807, 2.05) is 30.3 Å². The van der Waals surface area contributed by atoms with E-state index in [-0.39, 0.29) is 12.2 Å². The molecule has 0 spiro atoms. The van der Waals surface area contributed by atoms with Crippen LogP contribution in [0.4, 0.5) is 0 Å². The molecule has 1 aliphatic rings. The maximum absolute atomic E-state index is 14.2. The Balaban J connectivity index is 2.52. The molecule has 2 N–H and O–H groups in total. The fourth-order valence-electron chi connectivity index (χ4n) is 3.10. The summed E-state index contributed by atoms with van der Waals surface area (Å²) in [5.74, 6) is 0. The predicted octanol–water partition coefficient (Wildman–Crippen LogP) is 4.65. The lowest BCUT2D eigenvalue weighted by Crippen LogP contribution is -2.58. The van der Waals surface area contributed by atoms with Gasteiger partial charge in [-0.1, -0.05) is 18.2 Å². The normalized spacial score (nSPS) is 30.8. The van der Waals surface area contributed by atoms with Crippen LogP contribution >= 0.6 is 42.9 Å². The molecule has 0 amide bonds. The largest absolute Gasteiger partial charge is 0.388 e. The average molecular weight is 483 g/mol. The molecule has 1 saturated heterocycles. The van der Waals surface area contributed by atoms with Crippen molar-refractivity contribution in [2.45, 2.75) is 71.5 Å². The van der Waals surface area contributed by atoms with Gasteiger partial charge in [-0.15, -0.1) is 35.3 Å². The molecule has 1 aromatic carbocycles. The molecule has 5 atom stereocenters. The molecular formula is C19H31O6PS3. The first-order valence-electron chi connectivity index (χ1n) is 9.40. The van der Waals surface area contributed by atoms with Crippen molar-refractivity contribution >= 4 is 42.9 Å². The Bertz CT molecular complexity index is 678. The van der Waals surface area contributed by atoms with Crippen molar-refractivity contribution in [3.05, 3.63) is 30.3 Å². The summed E-state index contributed by atoms with van der Waals surface area (Å²) in [5, 5.41) is 21.7. The molecule has 10 heteroatoms. The van der Waals surface area contributed by atoms with Crippen molar-refractivity contribution in [3.63, 3.8) is 0 Å². The van der Waals surface area contributed by atoms with Crippen LogP contribution in [0, 0.1) is 0 Å². The second kappa shape index (κ2) is 10.7. The Labute approximate surface area is 186 Å². The topological polar surface area (TPSA) is 85.2 Å². The van der Waals surface area contributed by atoms with Gasteiger partial charge >= 0.3 is 7.60 Å². The maximum Gasteiger partial charge on any atom is 0.359 e. The van der Waals surface area contributed by atoms with E-state index in [9.17, 15) is 14.8 Å². The maximum atomic E-state index is 14.2. The molecule has 1 heterocycles. The smallest absolute Gasteiger partial charge is 0.359 e. The Morgan fingerprint density at radius 3 is 2.07 bits per heavy atom. The Morgan fingerprint density at radius 1 is 1.07 bits per heavy atom. The Morgan fingerprint density at radius 2 is 1.62 bits per heavy atom. The quantitative estimate of drug-likeness (QED) is 0.489. The lowest BCUT2D eigenvalue weighted by Gasteiger charge is -2.50. The predicted molar refractivity (Wildman–Crippen MR) is 123 cm³/mol. The summed E-state index contributed by atoms with van der Waals surface area (Å²) in [6, 6.07) is 9.60. The minimum absolute atomic E-state index is 0.356. The number of ether oxygens (including phenoxy) is 1. The monoisotopic (exact) mass is 482 g/mol. The molecule has 6 nitrogen and oxygen atoms in total. The molecule has 0 aliphatic carbocycles. The number of rotatable bonds is 9. The zero-order valence-corrected chi connectivity index (χ0v) is 20.9. The molecule has 166 valence electrons. The van der Waals surface area contributed by atoms with Gasteiger partial charge in [-0.2, -0.15) is 0 Å². The lowest BCUT2D eigenvalue weighted by atomic mass is 10.1. The molecule has 1 aromatic rings. The van der Waals surface area contributed by atoms with Gasteiger partial charge in [-0.25, -0.2) is 0 Å². The molecular weight excluding hydrogens is 451 g/mol. The summed E-state index contributed by atoms with van der Waals surface area (Å²) < 4.78 is 29.9.